The molecule has 1 saturated heterocycles. The van der Waals surface area contributed by atoms with Gasteiger partial charge in [-0.15, -0.1) is 0 Å². The smallest absolute Gasteiger partial charge is 0.235 e. The van der Waals surface area contributed by atoms with E-state index in [0.29, 0.717) is 11.8 Å². The van der Waals surface area contributed by atoms with Crippen molar-refractivity contribution in [2.75, 3.05) is 6.61 Å². The number of rotatable bonds is 9. The number of amides is 1. The predicted molar refractivity (Wildman–Crippen MR) is 157 cm³/mol. The number of allylic oxidation sites excluding steroid dienone is 4. The number of hydrogen-bond acceptors (Lipinski definition) is 5. The van der Waals surface area contributed by atoms with Gasteiger partial charge in [0.1, 0.15) is 17.8 Å². The van der Waals surface area contributed by atoms with Gasteiger partial charge in [-0.1, -0.05) is 76.0 Å². The van der Waals surface area contributed by atoms with Crippen molar-refractivity contribution >= 4 is 11.7 Å². The van der Waals surface area contributed by atoms with Crippen LogP contribution in [0, 0.1) is 40.9 Å². The summed E-state index contributed by atoms with van der Waals surface area (Å²) in [5, 5.41) is 24.3. The number of nitrogens with one attached hydrogen (secondary N) is 1. The molecule has 1 heterocycles. The fourth-order valence-electron chi connectivity index (χ4n) is 8.10. The van der Waals surface area contributed by atoms with Crippen LogP contribution in [0.3, 0.4) is 0 Å². The normalized spacial score (nSPS) is 37.0. The van der Waals surface area contributed by atoms with Crippen LogP contribution in [0.25, 0.3) is 0 Å². The summed E-state index contributed by atoms with van der Waals surface area (Å²) in [6, 6.07) is 6.51. The first kappa shape index (κ1) is 30.5. The van der Waals surface area contributed by atoms with Gasteiger partial charge in [-0.25, -0.2) is 0 Å². The van der Waals surface area contributed by atoms with E-state index >= 15 is 0 Å². The Morgan fingerprint density at radius 1 is 1.20 bits per heavy atom. The highest BCUT2D eigenvalue weighted by Gasteiger charge is 2.60. The predicted octanol–water partition coefficient (Wildman–Crippen LogP) is 5.97. The average molecular weight is 552 g/mol. The molecule has 2 fully saturated rings. The maximum absolute atomic E-state index is 14.8. The van der Waals surface area contributed by atoms with Crippen molar-refractivity contribution in [3.63, 3.8) is 0 Å². The summed E-state index contributed by atoms with van der Waals surface area (Å²) in [6.45, 7) is 15.3. The molecule has 1 aliphatic heterocycles. The van der Waals surface area contributed by atoms with E-state index in [1.54, 1.807) is 24.3 Å². The van der Waals surface area contributed by atoms with Crippen LogP contribution in [-0.4, -0.2) is 40.3 Å². The average Bonchev–Trinajstić information content (AvgIpc) is 3.12. The van der Waals surface area contributed by atoms with E-state index in [9.17, 15) is 19.8 Å². The molecule has 0 spiro atoms. The molecule has 1 aromatic carbocycles. The molecule has 0 aromatic heterocycles. The number of hydrogen-bond donors (Lipinski definition) is 3. The highest BCUT2D eigenvalue weighted by Crippen LogP contribution is 2.57. The van der Waals surface area contributed by atoms with E-state index in [0.717, 1.165) is 31.2 Å². The zero-order valence-electron chi connectivity index (χ0n) is 25.4. The first-order valence-corrected chi connectivity index (χ1v) is 15.2. The molecule has 220 valence electrons. The summed E-state index contributed by atoms with van der Waals surface area (Å²) in [6.07, 6.45) is 7.84. The summed E-state index contributed by atoms with van der Waals surface area (Å²) >= 11 is 0. The van der Waals surface area contributed by atoms with Crippen molar-refractivity contribution in [3.05, 3.63) is 53.1 Å². The highest BCUT2D eigenvalue weighted by molar-refractivity contribution is 6.05. The molecule has 1 saturated carbocycles. The molecule has 40 heavy (non-hydrogen) atoms. The fraction of sp³-hybridized carbons (Fsp3) is 0.647. The largest absolute Gasteiger partial charge is 0.508 e. The molecule has 0 unspecified atom stereocenters. The SMILES string of the molecule is CCO[C@@H]1[C@@H](C(=O)[C@H]2[C@@H](C(C)=C[C@H](C)CC)C(C)=C[C@@]3(C)C[C@@H](C)CC[C@H]23)C(=O)N[C@@]1(O)Cc1ccc(O)cc1. The minimum atomic E-state index is -1.73. The molecule has 4 rings (SSSR count). The number of carbonyl (C=O) groups is 2. The van der Waals surface area contributed by atoms with E-state index in [1.807, 2.05) is 6.92 Å². The summed E-state index contributed by atoms with van der Waals surface area (Å²) in [4.78, 5) is 28.5. The molecular weight excluding hydrogens is 502 g/mol. The van der Waals surface area contributed by atoms with Crippen molar-refractivity contribution in [2.45, 2.75) is 92.4 Å². The van der Waals surface area contributed by atoms with E-state index < -0.39 is 23.7 Å². The van der Waals surface area contributed by atoms with Gasteiger partial charge in [-0.05, 0) is 74.5 Å². The van der Waals surface area contributed by atoms with E-state index in [1.165, 1.54) is 11.1 Å². The standard InChI is InChI=1S/C34H49NO5/c1-8-20(3)16-22(5)27-23(6)18-33(7)17-21(4)10-15-26(33)28(27)30(37)29-31(40-9-2)34(39,35-32(29)38)19-24-11-13-25(36)14-12-24/h11-14,16,18,20-21,26-29,31,36,39H,8-10,15,17,19H2,1-7H3,(H,35,38)/t20-,21+,26-,27+,28-,29-,31-,33-,34-/m1/s1. The third-order valence-electron chi connectivity index (χ3n) is 9.92. The molecule has 9 atom stereocenters. The number of Topliss-reactive ketones (excluding diaryl/α,β-unsaturated/α-hetero) is 1. The Balaban J connectivity index is 1.76. The second-order valence-electron chi connectivity index (χ2n) is 13.2. The van der Waals surface area contributed by atoms with Gasteiger partial charge in [0.2, 0.25) is 5.91 Å². The minimum absolute atomic E-state index is 0.0751. The van der Waals surface area contributed by atoms with Crippen molar-refractivity contribution in [1.82, 2.24) is 5.32 Å². The van der Waals surface area contributed by atoms with Crippen LogP contribution < -0.4 is 5.32 Å². The van der Waals surface area contributed by atoms with E-state index in [2.05, 4.69) is 59.0 Å². The lowest BCUT2D eigenvalue weighted by Gasteiger charge is -2.52. The third kappa shape index (κ3) is 5.80. The van der Waals surface area contributed by atoms with Crippen LogP contribution in [0.4, 0.5) is 0 Å². The molecule has 0 radical (unpaired) electrons. The van der Waals surface area contributed by atoms with Crippen LogP contribution in [-0.2, 0) is 20.7 Å². The van der Waals surface area contributed by atoms with Gasteiger partial charge in [0.25, 0.3) is 0 Å². The lowest BCUT2D eigenvalue weighted by atomic mass is 9.51. The summed E-state index contributed by atoms with van der Waals surface area (Å²) in [7, 11) is 0. The lowest BCUT2D eigenvalue weighted by molar-refractivity contribution is -0.148. The monoisotopic (exact) mass is 551 g/mol. The van der Waals surface area contributed by atoms with Gasteiger partial charge in [-0.3, -0.25) is 9.59 Å². The van der Waals surface area contributed by atoms with Crippen molar-refractivity contribution < 1.29 is 24.5 Å². The van der Waals surface area contributed by atoms with Crippen LogP contribution >= 0.6 is 0 Å². The first-order valence-electron chi connectivity index (χ1n) is 15.2. The van der Waals surface area contributed by atoms with Crippen LogP contribution in [0.5, 0.6) is 5.75 Å². The van der Waals surface area contributed by atoms with Crippen molar-refractivity contribution in [1.29, 1.82) is 0 Å². The fourth-order valence-corrected chi connectivity index (χ4v) is 8.10. The van der Waals surface area contributed by atoms with Crippen LogP contribution in [0.15, 0.2) is 47.6 Å². The quantitative estimate of drug-likeness (QED) is 0.260. The second-order valence-corrected chi connectivity index (χ2v) is 13.2. The molecule has 6 heteroatoms. The van der Waals surface area contributed by atoms with E-state index in [4.69, 9.17) is 4.74 Å². The second kappa shape index (κ2) is 11.8. The number of aromatic hydroxyl groups is 1. The number of aliphatic hydroxyl groups is 1. The van der Waals surface area contributed by atoms with E-state index in [-0.39, 0.29) is 47.7 Å². The molecule has 1 amide bonds. The number of carbonyl (C=O) groups excluding carboxylic acids is 2. The van der Waals surface area contributed by atoms with Gasteiger partial charge < -0.3 is 20.3 Å². The van der Waals surface area contributed by atoms with Gasteiger partial charge in [0, 0.05) is 24.9 Å². The summed E-state index contributed by atoms with van der Waals surface area (Å²) < 4.78 is 6.06. The Bertz CT molecular complexity index is 1160. The zero-order chi connectivity index (χ0) is 29.4. The Kier molecular flexibility index (Phi) is 9.01. The number of ether oxygens (including phenoxy) is 1. The summed E-state index contributed by atoms with van der Waals surface area (Å²) in [5.74, 6) is -0.904. The highest BCUT2D eigenvalue weighted by atomic mass is 16.5. The Morgan fingerprint density at radius 2 is 1.88 bits per heavy atom. The molecule has 3 aliphatic rings. The summed E-state index contributed by atoms with van der Waals surface area (Å²) in [5.41, 5.74) is 1.27. The number of ketones is 1. The topological polar surface area (TPSA) is 95.9 Å². The molecule has 2 aliphatic carbocycles. The maximum Gasteiger partial charge on any atom is 0.235 e. The molecular formula is C34H49NO5. The Labute approximate surface area is 240 Å². The van der Waals surface area contributed by atoms with Gasteiger partial charge in [-0.2, -0.15) is 0 Å². The first-order chi connectivity index (χ1) is 18.8. The van der Waals surface area contributed by atoms with Crippen LogP contribution in [0.2, 0.25) is 0 Å². The molecule has 6 nitrogen and oxygen atoms in total. The van der Waals surface area contributed by atoms with Gasteiger partial charge >= 0.3 is 0 Å². The van der Waals surface area contributed by atoms with Crippen molar-refractivity contribution in [3.8, 4) is 5.75 Å². The molecule has 3 N–H and O–H groups in total. The molecule has 1 aromatic rings. The Morgan fingerprint density at radius 3 is 2.50 bits per heavy atom. The number of fused-ring (bicyclic) bond motifs is 1. The Hall–Kier alpha value is -2.44. The lowest BCUT2D eigenvalue weighted by Crippen LogP contribution is -2.54. The van der Waals surface area contributed by atoms with Crippen LogP contribution in [0.1, 0.15) is 79.7 Å². The van der Waals surface area contributed by atoms with Crippen molar-refractivity contribution in [2.24, 2.45) is 40.9 Å². The van der Waals surface area contributed by atoms with Gasteiger partial charge in [0.15, 0.2) is 11.5 Å². The maximum atomic E-state index is 14.8. The number of benzene rings is 1. The minimum Gasteiger partial charge on any atom is -0.508 e. The number of phenolic OH excluding ortho intramolecular Hbond substituents is 1. The number of phenols is 1. The zero-order valence-corrected chi connectivity index (χ0v) is 25.4. The third-order valence-corrected chi connectivity index (χ3v) is 9.92. The molecule has 0 bridgehead atoms. The van der Waals surface area contributed by atoms with Gasteiger partial charge in [0.05, 0.1) is 0 Å².